The quantitative estimate of drug-likeness (QED) is 0.817. The van der Waals surface area contributed by atoms with Gasteiger partial charge in [0.25, 0.3) is 0 Å². The van der Waals surface area contributed by atoms with Crippen molar-refractivity contribution in [1.29, 1.82) is 0 Å². The highest BCUT2D eigenvalue weighted by Gasteiger charge is 2.27. The molecular formula is C14H27N3O. The van der Waals surface area contributed by atoms with Crippen LogP contribution in [-0.4, -0.2) is 60.0 Å². The Bertz CT molecular complexity index is 285. The number of carbonyl (C=O) groups is 1. The van der Waals surface area contributed by atoms with Gasteiger partial charge in [0.1, 0.15) is 0 Å². The van der Waals surface area contributed by atoms with Gasteiger partial charge in [0.2, 0.25) is 5.91 Å². The lowest BCUT2D eigenvalue weighted by Gasteiger charge is -2.33. The number of hydrogen-bond donors (Lipinski definition) is 1. The minimum atomic E-state index is 0.222. The maximum Gasteiger partial charge on any atom is 0.219 e. The van der Waals surface area contributed by atoms with Crippen molar-refractivity contribution < 1.29 is 4.79 Å². The van der Waals surface area contributed by atoms with Crippen molar-refractivity contribution in [3.63, 3.8) is 0 Å². The SMILES string of the molecule is CC(=O)N1CCC(NC2CCN(C(C)C)C2)CC1. The molecule has 18 heavy (non-hydrogen) atoms. The Labute approximate surface area is 111 Å². The Kier molecular flexibility index (Phi) is 4.62. The lowest BCUT2D eigenvalue weighted by atomic mass is 10.0. The van der Waals surface area contributed by atoms with Crippen LogP contribution in [0.15, 0.2) is 0 Å². The summed E-state index contributed by atoms with van der Waals surface area (Å²) in [4.78, 5) is 15.8. The normalized spacial score (nSPS) is 27.1. The second-order valence-electron chi connectivity index (χ2n) is 6.02. The average Bonchev–Trinajstić information content (AvgIpc) is 2.78. The van der Waals surface area contributed by atoms with Gasteiger partial charge in [-0.25, -0.2) is 0 Å². The first-order valence-corrected chi connectivity index (χ1v) is 7.32. The summed E-state index contributed by atoms with van der Waals surface area (Å²) in [7, 11) is 0. The molecule has 2 rings (SSSR count). The van der Waals surface area contributed by atoms with Gasteiger partial charge in [-0.2, -0.15) is 0 Å². The van der Waals surface area contributed by atoms with E-state index >= 15 is 0 Å². The minimum absolute atomic E-state index is 0.222. The zero-order valence-electron chi connectivity index (χ0n) is 12.0. The molecule has 1 atom stereocenters. The van der Waals surface area contributed by atoms with Gasteiger partial charge in [0, 0.05) is 44.7 Å². The van der Waals surface area contributed by atoms with Crippen molar-refractivity contribution in [2.75, 3.05) is 26.2 Å². The van der Waals surface area contributed by atoms with Crippen LogP contribution in [0, 0.1) is 0 Å². The van der Waals surface area contributed by atoms with Gasteiger partial charge >= 0.3 is 0 Å². The zero-order valence-corrected chi connectivity index (χ0v) is 12.0. The molecule has 0 bridgehead atoms. The van der Waals surface area contributed by atoms with Gasteiger partial charge in [-0.05, 0) is 39.7 Å². The summed E-state index contributed by atoms with van der Waals surface area (Å²) in [5.41, 5.74) is 0. The van der Waals surface area contributed by atoms with E-state index in [-0.39, 0.29) is 5.91 Å². The first kappa shape index (κ1) is 13.8. The Balaban J connectivity index is 1.71. The van der Waals surface area contributed by atoms with Gasteiger partial charge in [-0.15, -0.1) is 0 Å². The van der Waals surface area contributed by atoms with Gasteiger partial charge in [0.05, 0.1) is 0 Å². The molecule has 4 heteroatoms. The van der Waals surface area contributed by atoms with Crippen LogP contribution < -0.4 is 5.32 Å². The van der Waals surface area contributed by atoms with Gasteiger partial charge < -0.3 is 10.2 Å². The van der Waals surface area contributed by atoms with Crippen molar-refractivity contribution in [2.45, 2.75) is 58.2 Å². The second-order valence-corrected chi connectivity index (χ2v) is 6.02. The maximum atomic E-state index is 11.3. The van der Waals surface area contributed by atoms with E-state index in [1.54, 1.807) is 6.92 Å². The molecule has 2 saturated heterocycles. The standard InChI is InChI=1S/C14H27N3O/c1-11(2)17-9-6-14(10-17)15-13-4-7-16(8-5-13)12(3)18/h11,13-15H,4-10H2,1-3H3. The molecule has 0 aromatic heterocycles. The molecule has 2 heterocycles. The summed E-state index contributed by atoms with van der Waals surface area (Å²) in [6.45, 7) is 10.5. The predicted molar refractivity (Wildman–Crippen MR) is 73.5 cm³/mol. The second kappa shape index (κ2) is 6.02. The van der Waals surface area contributed by atoms with Crippen molar-refractivity contribution >= 4 is 5.91 Å². The molecule has 4 nitrogen and oxygen atoms in total. The number of nitrogens with zero attached hydrogens (tertiary/aromatic N) is 2. The minimum Gasteiger partial charge on any atom is -0.343 e. The van der Waals surface area contributed by atoms with Gasteiger partial charge in [-0.3, -0.25) is 9.69 Å². The molecule has 0 saturated carbocycles. The monoisotopic (exact) mass is 253 g/mol. The number of likely N-dealkylation sites (tertiary alicyclic amines) is 2. The fourth-order valence-electron chi connectivity index (χ4n) is 3.09. The molecule has 1 unspecified atom stereocenters. The van der Waals surface area contributed by atoms with E-state index in [4.69, 9.17) is 0 Å². The third-order valence-corrected chi connectivity index (χ3v) is 4.36. The zero-order chi connectivity index (χ0) is 13.1. The number of amides is 1. The van der Waals surface area contributed by atoms with E-state index in [1.165, 1.54) is 19.5 Å². The first-order chi connectivity index (χ1) is 8.56. The van der Waals surface area contributed by atoms with Crippen molar-refractivity contribution in [1.82, 2.24) is 15.1 Å². The highest BCUT2D eigenvalue weighted by atomic mass is 16.2. The van der Waals surface area contributed by atoms with Crippen LogP contribution in [0.4, 0.5) is 0 Å². The van der Waals surface area contributed by atoms with E-state index in [0.717, 1.165) is 25.9 Å². The molecule has 104 valence electrons. The van der Waals surface area contributed by atoms with E-state index in [9.17, 15) is 4.79 Å². The molecule has 0 aliphatic carbocycles. The molecular weight excluding hydrogens is 226 g/mol. The molecule has 2 aliphatic rings. The molecule has 0 radical (unpaired) electrons. The smallest absolute Gasteiger partial charge is 0.219 e. The summed E-state index contributed by atoms with van der Waals surface area (Å²) in [5.74, 6) is 0.222. The van der Waals surface area contributed by atoms with E-state index in [1.807, 2.05) is 4.90 Å². The third-order valence-electron chi connectivity index (χ3n) is 4.36. The van der Waals surface area contributed by atoms with E-state index in [0.29, 0.717) is 18.1 Å². The highest BCUT2D eigenvalue weighted by Crippen LogP contribution is 2.16. The summed E-state index contributed by atoms with van der Waals surface area (Å²) in [5, 5.41) is 3.78. The van der Waals surface area contributed by atoms with Crippen molar-refractivity contribution in [3.05, 3.63) is 0 Å². The topological polar surface area (TPSA) is 35.6 Å². The largest absolute Gasteiger partial charge is 0.343 e. The summed E-state index contributed by atoms with van der Waals surface area (Å²) in [6, 6.07) is 1.93. The third kappa shape index (κ3) is 3.45. The first-order valence-electron chi connectivity index (χ1n) is 7.32. The predicted octanol–water partition coefficient (Wildman–Crippen LogP) is 1.07. The molecule has 0 spiro atoms. The lowest BCUT2D eigenvalue weighted by molar-refractivity contribution is -0.129. The Morgan fingerprint density at radius 2 is 1.72 bits per heavy atom. The van der Waals surface area contributed by atoms with E-state index < -0.39 is 0 Å². The van der Waals surface area contributed by atoms with E-state index in [2.05, 4.69) is 24.1 Å². The fourth-order valence-corrected chi connectivity index (χ4v) is 3.09. The van der Waals surface area contributed by atoms with Crippen LogP contribution in [0.25, 0.3) is 0 Å². The highest BCUT2D eigenvalue weighted by molar-refractivity contribution is 5.73. The Morgan fingerprint density at radius 1 is 1.11 bits per heavy atom. The number of rotatable bonds is 3. The van der Waals surface area contributed by atoms with Crippen molar-refractivity contribution in [2.24, 2.45) is 0 Å². The van der Waals surface area contributed by atoms with Crippen LogP contribution in [-0.2, 0) is 4.79 Å². The molecule has 2 aliphatic heterocycles. The van der Waals surface area contributed by atoms with Crippen LogP contribution in [0.3, 0.4) is 0 Å². The van der Waals surface area contributed by atoms with Crippen LogP contribution >= 0.6 is 0 Å². The average molecular weight is 253 g/mol. The molecule has 1 amide bonds. The van der Waals surface area contributed by atoms with Crippen molar-refractivity contribution in [3.8, 4) is 0 Å². The fraction of sp³-hybridized carbons (Fsp3) is 0.929. The Hall–Kier alpha value is -0.610. The molecule has 1 N–H and O–H groups in total. The molecule has 0 aromatic rings. The molecule has 0 aromatic carbocycles. The number of nitrogens with one attached hydrogen (secondary N) is 1. The van der Waals surface area contributed by atoms with Crippen LogP contribution in [0.1, 0.15) is 40.0 Å². The summed E-state index contributed by atoms with van der Waals surface area (Å²) >= 11 is 0. The Morgan fingerprint density at radius 3 is 2.22 bits per heavy atom. The number of hydrogen-bond acceptors (Lipinski definition) is 3. The number of carbonyl (C=O) groups excluding carboxylic acids is 1. The summed E-state index contributed by atoms with van der Waals surface area (Å²) < 4.78 is 0. The van der Waals surface area contributed by atoms with Crippen LogP contribution in [0.2, 0.25) is 0 Å². The van der Waals surface area contributed by atoms with Gasteiger partial charge in [-0.1, -0.05) is 0 Å². The van der Waals surface area contributed by atoms with Gasteiger partial charge in [0.15, 0.2) is 0 Å². The molecule has 2 fully saturated rings. The summed E-state index contributed by atoms with van der Waals surface area (Å²) in [6.07, 6.45) is 3.49. The lowest BCUT2D eigenvalue weighted by Crippen LogP contribution is -2.48. The van der Waals surface area contributed by atoms with Crippen LogP contribution in [0.5, 0.6) is 0 Å². The maximum absolute atomic E-state index is 11.3. The number of piperidine rings is 1.